The van der Waals surface area contributed by atoms with Gasteiger partial charge in [-0.1, -0.05) is 47.5 Å². The van der Waals surface area contributed by atoms with Crippen LogP contribution in [-0.4, -0.2) is 14.9 Å². The number of hydrogen-bond acceptors (Lipinski definition) is 4. The minimum absolute atomic E-state index is 0.185. The van der Waals surface area contributed by atoms with Crippen molar-refractivity contribution in [1.29, 1.82) is 0 Å². The number of carbonyl (C=O) groups excluding carboxylic acids is 1. The van der Waals surface area contributed by atoms with Gasteiger partial charge in [0.15, 0.2) is 5.78 Å². The van der Waals surface area contributed by atoms with E-state index in [0.717, 1.165) is 10.1 Å². The minimum atomic E-state index is -0.771. The monoisotopic (exact) mass is 439 g/mol. The van der Waals surface area contributed by atoms with Gasteiger partial charge in [0.2, 0.25) is 0 Å². The molecule has 0 radical (unpaired) electrons. The Morgan fingerprint density at radius 3 is 2.37 bits per heavy atom. The van der Waals surface area contributed by atoms with E-state index in [2.05, 4.69) is 5.32 Å². The van der Waals surface area contributed by atoms with E-state index < -0.39 is 17.2 Å². The molecule has 8 heteroatoms. The summed E-state index contributed by atoms with van der Waals surface area (Å²) in [6, 6.07) is 12.2. The van der Waals surface area contributed by atoms with Gasteiger partial charge in [-0.15, -0.1) is 0 Å². The van der Waals surface area contributed by atoms with E-state index in [4.69, 9.17) is 23.2 Å². The molecule has 2 heterocycles. The summed E-state index contributed by atoms with van der Waals surface area (Å²) in [4.78, 5) is 39.2. The van der Waals surface area contributed by atoms with Crippen molar-refractivity contribution in [2.45, 2.75) is 5.92 Å². The average molecular weight is 440 g/mol. The first-order valence-corrected chi connectivity index (χ1v) is 9.97. The number of aromatic nitrogens is 2. The van der Waals surface area contributed by atoms with Crippen molar-refractivity contribution in [3.8, 4) is 0 Å². The second-order valence-corrected chi connectivity index (χ2v) is 8.20. The smallest absolute Gasteiger partial charge is 0.332 e. The van der Waals surface area contributed by atoms with Gasteiger partial charge in [-0.3, -0.25) is 18.7 Å². The largest absolute Gasteiger partial charge is 0.340 e. The third-order valence-electron chi connectivity index (χ3n) is 5.74. The van der Waals surface area contributed by atoms with Crippen LogP contribution in [0, 0.1) is 0 Å². The van der Waals surface area contributed by atoms with Crippen LogP contribution in [0.25, 0.3) is 5.70 Å². The van der Waals surface area contributed by atoms with Gasteiger partial charge in [0.05, 0.1) is 17.2 Å². The number of nitrogens with zero attached hydrogens (tertiary/aromatic N) is 2. The summed E-state index contributed by atoms with van der Waals surface area (Å²) in [5.74, 6) is -0.615. The third kappa shape index (κ3) is 2.41. The highest BCUT2D eigenvalue weighted by atomic mass is 35.5. The molecule has 0 bridgehead atoms. The molecule has 2 aliphatic rings. The second-order valence-electron chi connectivity index (χ2n) is 7.36. The molecule has 0 saturated carbocycles. The summed E-state index contributed by atoms with van der Waals surface area (Å²) in [5.41, 5.74) is 2.11. The maximum atomic E-state index is 13.4. The van der Waals surface area contributed by atoms with Crippen LogP contribution in [0.5, 0.6) is 0 Å². The lowest BCUT2D eigenvalue weighted by Crippen LogP contribution is -2.42. The molecule has 0 spiro atoms. The number of halogens is 2. The molecule has 0 amide bonds. The predicted molar refractivity (Wildman–Crippen MR) is 117 cm³/mol. The van der Waals surface area contributed by atoms with Gasteiger partial charge >= 0.3 is 5.69 Å². The van der Waals surface area contributed by atoms with E-state index in [1.807, 2.05) is 12.1 Å². The number of benzene rings is 2. The molecular weight excluding hydrogens is 425 g/mol. The lowest BCUT2D eigenvalue weighted by atomic mass is 9.81. The highest BCUT2D eigenvalue weighted by molar-refractivity contribution is 6.34. The molecule has 0 saturated heterocycles. The van der Waals surface area contributed by atoms with E-state index in [-0.39, 0.29) is 11.3 Å². The number of anilines is 1. The maximum Gasteiger partial charge on any atom is 0.332 e. The summed E-state index contributed by atoms with van der Waals surface area (Å²) in [6.45, 7) is 0. The number of Topliss-reactive ketones (excluding diaryl/α,β-unsaturated/α-hetero) is 1. The SMILES string of the molecule is Cn1c2c(c(=O)n(C)c1=O)[C@H](c1cc(Cl)ccc1Cl)C1=C(N2)c2ccccc2C1=O. The number of rotatable bonds is 1. The number of allylic oxidation sites excluding steroid dienone is 1. The van der Waals surface area contributed by atoms with Gasteiger partial charge < -0.3 is 5.32 Å². The van der Waals surface area contributed by atoms with Crippen molar-refractivity contribution < 1.29 is 4.79 Å². The van der Waals surface area contributed by atoms with E-state index >= 15 is 0 Å². The Labute approximate surface area is 181 Å². The number of fused-ring (bicyclic) bond motifs is 3. The highest BCUT2D eigenvalue weighted by Crippen LogP contribution is 2.49. The predicted octanol–water partition coefficient (Wildman–Crippen LogP) is 3.56. The Balaban J connectivity index is 1.93. The van der Waals surface area contributed by atoms with E-state index in [0.29, 0.717) is 38.3 Å². The van der Waals surface area contributed by atoms with Crippen molar-refractivity contribution >= 4 is 40.5 Å². The van der Waals surface area contributed by atoms with E-state index in [1.54, 1.807) is 37.4 Å². The highest BCUT2D eigenvalue weighted by Gasteiger charge is 2.43. The number of ketones is 1. The van der Waals surface area contributed by atoms with Gasteiger partial charge in [-0.25, -0.2) is 4.79 Å². The summed E-state index contributed by atoms with van der Waals surface area (Å²) < 4.78 is 2.40. The normalized spacial score (nSPS) is 16.8. The molecule has 1 atom stereocenters. The summed E-state index contributed by atoms with van der Waals surface area (Å²) in [6.07, 6.45) is 0. The zero-order chi connectivity index (χ0) is 21.3. The van der Waals surface area contributed by atoms with E-state index in [9.17, 15) is 14.4 Å². The molecule has 30 heavy (non-hydrogen) atoms. The van der Waals surface area contributed by atoms with Crippen molar-refractivity contribution in [3.63, 3.8) is 0 Å². The van der Waals surface area contributed by atoms with Crippen molar-refractivity contribution in [2.24, 2.45) is 14.1 Å². The molecule has 1 N–H and O–H groups in total. The Kier molecular flexibility index (Phi) is 4.07. The topological polar surface area (TPSA) is 73.1 Å². The van der Waals surface area contributed by atoms with Crippen LogP contribution >= 0.6 is 23.2 Å². The molecular formula is C22H15Cl2N3O3. The van der Waals surface area contributed by atoms with Gasteiger partial charge in [-0.2, -0.15) is 0 Å². The maximum absolute atomic E-state index is 13.4. The molecule has 3 aromatic rings. The molecule has 2 aromatic carbocycles. The van der Waals surface area contributed by atoms with Crippen molar-refractivity contribution in [1.82, 2.24) is 9.13 Å². The van der Waals surface area contributed by atoms with Crippen molar-refractivity contribution in [3.05, 3.63) is 101 Å². The first-order chi connectivity index (χ1) is 14.3. The van der Waals surface area contributed by atoms with Crippen LogP contribution in [0.3, 0.4) is 0 Å². The lowest BCUT2D eigenvalue weighted by Gasteiger charge is -2.30. The molecule has 0 unspecified atom stereocenters. The van der Waals surface area contributed by atoms with E-state index in [1.165, 1.54) is 11.6 Å². The molecule has 5 rings (SSSR count). The van der Waals surface area contributed by atoms with Gasteiger partial charge in [0, 0.05) is 40.8 Å². The molecule has 1 aromatic heterocycles. The second kappa shape index (κ2) is 6.45. The van der Waals surface area contributed by atoms with Crippen LogP contribution in [-0.2, 0) is 14.1 Å². The fourth-order valence-electron chi connectivity index (χ4n) is 4.30. The molecule has 1 aliphatic carbocycles. The molecule has 0 fully saturated rings. The first-order valence-electron chi connectivity index (χ1n) is 9.21. The first kappa shape index (κ1) is 18.9. The van der Waals surface area contributed by atoms with Crippen molar-refractivity contribution in [2.75, 3.05) is 5.32 Å². The summed E-state index contributed by atoms with van der Waals surface area (Å²) in [7, 11) is 3.00. The number of carbonyl (C=O) groups is 1. The zero-order valence-electron chi connectivity index (χ0n) is 16.0. The Bertz CT molecular complexity index is 1430. The fraction of sp³-hybridized carbons (Fsp3) is 0.136. The van der Waals surface area contributed by atoms with Crippen LogP contribution in [0.4, 0.5) is 5.82 Å². The molecule has 150 valence electrons. The fourth-order valence-corrected chi connectivity index (χ4v) is 4.71. The zero-order valence-corrected chi connectivity index (χ0v) is 17.5. The molecule has 1 aliphatic heterocycles. The van der Waals surface area contributed by atoms with Crippen LogP contribution < -0.4 is 16.6 Å². The molecule has 6 nitrogen and oxygen atoms in total. The summed E-state index contributed by atoms with van der Waals surface area (Å²) in [5, 5.41) is 4.00. The van der Waals surface area contributed by atoms with Crippen LogP contribution in [0.1, 0.15) is 33.0 Å². The Morgan fingerprint density at radius 1 is 0.933 bits per heavy atom. The Hall–Kier alpha value is -3.09. The van der Waals surface area contributed by atoms with Crippen LogP contribution in [0.2, 0.25) is 10.0 Å². The number of hydrogen-bond donors (Lipinski definition) is 1. The minimum Gasteiger partial charge on any atom is -0.340 e. The van der Waals surface area contributed by atoms with Gasteiger partial charge in [0.25, 0.3) is 5.56 Å². The van der Waals surface area contributed by atoms with Gasteiger partial charge in [0.1, 0.15) is 5.82 Å². The lowest BCUT2D eigenvalue weighted by molar-refractivity contribution is 0.103. The third-order valence-corrected chi connectivity index (χ3v) is 6.32. The quantitative estimate of drug-likeness (QED) is 0.628. The van der Waals surface area contributed by atoms with Crippen LogP contribution in [0.15, 0.2) is 57.6 Å². The number of nitrogens with one attached hydrogen (secondary N) is 1. The Morgan fingerprint density at radius 2 is 1.63 bits per heavy atom. The average Bonchev–Trinajstić information content (AvgIpc) is 3.03. The van der Waals surface area contributed by atoms with Gasteiger partial charge in [-0.05, 0) is 23.8 Å². The summed E-state index contributed by atoms with van der Waals surface area (Å²) >= 11 is 12.8. The standard InChI is InChI=1S/C22H15Cl2N3O3/c1-26-20-17(21(29)27(2)22(26)30)15(13-9-10(23)7-8-14(13)24)16-18(25-20)11-5-3-4-6-12(11)19(16)28/h3-9,15,25H,1-2H3/t15-/m1/s1.